The Labute approximate surface area is 198 Å². The minimum atomic E-state index is -4.56. The molecule has 2 aromatic heterocycles. The molecule has 0 spiro atoms. The molecule has 2 atom stereocenters. The van der Waals surface area contributed by atoms with Crippen LogP contribution in [-0.4, -0.2) is 45.8 Å². The third-order valence-electron chi connectivity index (χ3n) is 4.64. The van der Waals surface area contributed by atoms with Crippen molar-refractivity contribution in [2.24, 2.45) is 0 Å². The Morgan fingerprint density at radius 2 is 1.89 bits per heavy atom. The van der Waals surface area contributed by atoms with Crippen LogP contribution in [0.2, 0.25) is 0 Å². The summed E-state index contributed by atoms with van der Waals surface area (Å²) < 4.78 is 70.5. The Hall–Kier alpha value is -3.68. The molecule has 1 aromatic carbocycles. The van der Waals surface area contributed by atoms with Crippen LogP contribution in [0.3, 0.4) is 0 Å². The van der Waals surface area contributed by atoms with E-state index in [-0.39, 0.29) is 16.5 Å². The molecule has 3 aromatic rings. The van der Waals surface area contributed by atoms with E-state index in [1.54, 1.807) is 0 Å². The third kappa shape index (κ3) is 6.68. The van der Waals surface area contributed by atoms with Crippen molar-refractivity contribution in [2.75, 3.05) is 0 Å². The first-order valence-electron chi connectivity index (χ1n) is 9.98. The number of hydrogen-bond acceptors (Lipinski definition) is 7. The van der Waals surface area contributed by atoms with Crippen molar-refractivity contribution in [3.05, 3.63) is 58.4 Å². The fourth-order valence-electron chi connectivity index (χ4n) is 2.87. The molecule has 0 aliphatic carbocycles. The van der Waals surface area contributed by atoms with Crippen LogP contribution in [-0.2, 0) is 4.79 Å². The maximum atomic E-state index is 13.9. The molecule has 0 unspecified atom stereocenters. The number of hydrogen-bond donors (Lipinski definition) is 2. The lowest BCUT2D eigenvalue weighted by molar-refractivity contribution is -0.137. The van der Waals surface area contributed by atoms with Gasteiger partial charge in [-0.3, -0.25) is 14.4 Å². The first-order valence-corrected chi connectivity index (χ1v) is 10.9. The Kier molecular flexibility index (Phi) is 7.94. The summed E-state index contributed by atoms with van der Waals surface area (Å²) in [6.07, 6.45) is -4.38. The molecule has 0 fully saturated rings. The molecule has 35 heavy (non-hydrogen) atoms. The van der Waals surface area contributed by atoms with Crippen molar-refractivity contribution in [1.82, 2.24) is 20.6 Å². The van der Waals surface area contributed by atoms with E-state index >= 15 is 0 Å². The molecule has 186 valence electrons. The van der Waals surface area contributed by atoms with Gasteiger partial charge >= 0.3 is 6.18 Å². The molecule has 8 nitrogen and oxygen atoms in total. The highest BCUT2D eigenvalue weighted by molar-refractivity contribution is 7.11. The molecule has 2 heterocycles. The zero-order valence-electron chi connectivity index (χ0n) is 17.9. The SMILES string of the molecule is C[C@H](NC(=O)c1cnc(-c2cccc(F)c2F)o1)C(=O)N[C@@H](CCC(F)(F)F)C(=O)c1nccs1. The minimum Gasteiger partial charge on any atom is -0.431 e. The number of carbonyl (C=O) groups is 3. The second-order valence-corrected chi connectivity index (χ2v) is 8.14. The summed E-state index contributed by atoms with van der Waals surface area (Å²) in [5.74, 6) is -5.89. The van der Waals surface area contributed by atoms with Gasteiger partial charge in [-0.2, -0.15) is 13.2 Å². The number of halogens is 5. The van der Waals surface area contributed by atoms with E-state index in [1.165, 1.54) is 30.6 Å². The lowest BCUT2D eigenvalue weighted by Gasteiger charge is -2.20. The van der Waals surface area contributed by atoms with Gasteiger partial charge in [-0.25, -0.2) is 18.7 Å². The summed E-state index contributed by atoms with van der Waals surface area (Å²) in [6.45, 7) is 1.23. The molecule has 0 aliphatic rings. The van der Waals surface area contributed by atoms with Crippen molar-refractivity contribution in [2.45, 2.75) is 38.0 Å². The fourth-order valence-corrected chi connectivity index (χ4v) is 3.50. The molecule has 2 amide bonds. The average molecular weight is 516 g/mol. The monoisotopic (exact) mass is 516 g/mol. The number of nitrogens with one attached hydrogen (secondary N) is 2. The highest BCUT2D eigenvalue weighted by Crippen LogP contribution is 2.25. The standard InChI is InChI=1S/C21H17F5N4O4S/c1-10(17(32)30-13(5-6-21(24,25)26)16(31)20-27-7-8-35-20)29-18(33)14-9-28-19(34-14)11-3-2-4-12(22)15(11)23/h2-4,7-10,13H,5-6H2,1H3,(H,29,33)(H,30,32)/t10-,13-/m0/s1. The van der Waals surface area contributed by atoms with Gasteiger partial charge in [-0.05, 0) is 25.5 Å². The summed E-state index contributed by atoms with van der Waals surface area (Å²) in [5, 5.41) is 5.83. The lowest BCUT2D eigenvalue weighted by Crippen LogP contribution is -2.50. The molecule has 0 saturated carbocycles. The molecular weight excluding hydrogens is 499 g/mol. The molecule has 0 bridgehead atoms. The normalized spacial score (nSPS) is 13.2. The highest BCUT2D eigenvalue weighted by Gasteiger charge is 2.33. The van der Waals surface area contributed by atoms with Crippen molar-refractivity contribution < 1.29 is 40.8 Å². The molecule has 0 radical (unpaired) electrons. The summed E-state index contributed by atoms with van der Waals surface area (Å²) in [7, 11) is 0. The van der Waals surface area contributed by atoms with E-state index in [1.807, 2.05) is 0 Å². The van der Waals surface area contributed by atoms with Crippen LogP contribution in [0.5, 0.6) is 0 Å². The number of Topliss-reactive ketones (excluding diaryl/α,β-unsaturated/α-hetero) is 1. The number of rotatable bonds is 9. The quantitative estimate of drug-likeness (QED) is 0.329. The van der Waals surface area contributed by atoms with Gasteiger partial charge in [0.2, 0.25) is 23.3 Å². The summed E-state index contributed by atoms with van der Waals surface area (Å²) in [5.41, 5.74) is -0.331. The maximum Gasteiger partial charge on any atom is 0.389 e. The summed E-state index contributed by atoms with van der Waals surface area (Å²) in [4.78, 5) is 44.9. The fraction of sp³-hybridized carbons (Fsp3) is 0.286. The van der Waals surface area contributed by atoms with Crippen LogP contribution in [0.15, 0.2) is 40.4 Å². The highest BCUT2D eigenvalue weighted by atomic mass is 32.1. The van der Waals surface area contributed by atoms with E-state index < -0.39 is 66.1 Å². The summed E-state index contributed by atoms with van der Waals surface area (Å²) >= 11 is 0.906. The van der Waals surface area contributed by atoms with Gasteiger partial charge in [0.25, 0.3) is 5.91 Å². The molecular formula is C21H17F5N4O4S. The molecule has 14 heteroatoms. The van der Waals surface area contributed by atoms with E-state index in [0.717, 1.165) is 23.6 Å². The largest absolute Gasteiger partial charge is 0.431 e. The lowest BCUT2D eigenvalue weighted by atomic mass is 10.1. The van der Waals surface area contributed by atoms with E-state index in [4.69, 9.17) is 4.42 Å². The van der Waals surface area contributed by atoms with Crippen molar-refractivity contribution in [3.63, 3.8) is 0 Å². The smallest absolute Gasteiger partial charge is 0.389 e. The predicted molar refractivity (Wildman–Crippen MR) is 112 cm³/mol. The molecule has 0 aliphatic heterocycles. The van der Waals surface area contributed by atoms with Gasteiger partial charge in [0.15, 0.2) is 16.6 Å². The second-order valence-electron chi connectivity index (χ2n) is 7.24. The Morgan fingerprint density at radius 3 is 2.54 bits per heavy atom. The number of benzene rings is 1. The second kappa shape index (κ2) is 10.7. The number of nitrogens with zero attached hydrogens (tertiary/aromatic N) is 2. The van der Waals surface area contributed by atoms with Crippen molar-refractivity contribution in [1.29, 1.82) is 0 Å². The molecule has 0 saturated heterocycles. The Morgan fingerprint density at radius 1 is 1.14 bits per heavy atom. The number of amides is 2. The number of thiazole rings is 1. The van der Waals surface area contributed by atoms with Gasteiger partial charge in [0, 0.05) is 18.0 Å². The van der Waals surface area contributed by atoms with Crippen LogP contribution in [0.1, 0.15) is 40.1 Å². The number of oxazole rings is 1. The molecule has 3 rings (SSSR count). The van der Waals surface area contributed by atoms with Crippen LogP contribution in [0, 0.1) is 11.6 Å². The van der Waals surface area contributed by atoms with E-state index in [0.29, 0.717) is 0 Å². The Bertz CT molecular complexity index is 1210. The topological polar surface area (TPSA) is 114 Å². The Balaban J connectivity index is 1.67. The third-order valence-corrected chi connectivity index (χ3v) is 5.43. The van der Waals surface area contributed by atoms with Crippen molar-refractivity contribution >= 4 is 28.9 Å². The zero-order valence-corrected chi connectivity index (χ0v) is 18.7. The van der Waals surface area contributed by atoms with E-state index in [9.17, 15) is 36.3 Å². The van der Waals surface area contributed by atoms with Gasteiger partial charge in [0.1, 0.15) is 6.04 Å². The van der Waals surface area contributed by atoms with Crippen LogP contribution in [0.25, 0.3) is 11.5 Å². The van der Waals surface area contributed by atoms with E-state index in [2.05, 4.69) is 20.6 Å². The van der Waals surface area contributed by atoms with Crippen LogP contribution in [0.4, 0.5) is 22.0 Å². The van der Waals surface area contributed by atoms with Gasteiger partial charge < -0.3 is 15.1 Å². The van der Waals surface area contributed by atoms with Gasteiger partial charge in [-0.1, -0.05) is 6.07 Å². The maximum absolute atomic E-state index is 13.9. The first-order chi connectivity index (χ1) is 16.5. The van der Waals surface area contributed by atoms with Crippen LogP contribution >= 0.6 is 11.3 Å². The number of alkyl halides is 3. The van der Waals surface area contributed by atoms with Gasteiger partial charge in [0.05, 0.1) is 17.8 Å². The van der Waals surface area contributed by atoms with Crippen molar-refractivity contribution in [3.8, 4) is 11.5 Å². The zero-order chi connectivity index (χ0) is 25.8. The van der Waals surface area contributed by atoms with Crippen LogP contribution < -0.4 is 10.6 Å². The number of aromatic nitrogens is 2. The average Bonchev–Trinajstić information content (AvgIpc) is 3.49. The number of ketones is 1. The van der Waals surface area contributed by atoms with Gasteiger partial charge in [-0.15, -0.1) is 11.3 Å². The first kappa shape index (κ1) is 25.9. The predicted octanol–water partition coefficient (Wildman–Crippen LogP) is 3.90. The summed E-state index contributed by atoms with van der Waals surface area (Å²) in [6, 6.07) is 0.452. The molecule has 2 N–H and O–H groups in total. The number of carbonyl (C=O) groups excluding carboxylic acids is 3. The minimum absolute atomic E-state index is 0.0760.